The molecule has 4 atom stereocenters. The molecule has 2 amide bonds. The Morgan fingerprint density at radius 2 is 0.946 bits per heavy atom. The summed E-state index contributed by atoms with van der Waals surface area (Å²) < 4.78 is 0. The summed E-state index contributed by atoms with van der Waals surface area (Å²) in [7, 11) is 0. The van der Waals surface area contributed by atoms with Gasteiger partial charge in [-0.15, -0.1) is 12.4 Å². The van der Waals surface area contributed by atoms with Gasteiger partial charge in [0.1, 0.15) is 0 Å². The van der Waals surface area contributed by atoms with E-state index in [-0.39, 0.29) is 48.6 Å². The number of carbonyl (C=O) groups excluding carboxylic acids is 2. The lowest BCUT2D eigenvalue weighted by Gasteiger charge is -2.28. The molecular weight excluding hydrogens is 484 g/mol. The van der Waals surface area contributed by atoms with E-state index < -0.39 is 0 Å². The van der Waals surface area contributed by atoms with Crippen LogP contribution in [0, 0.1) is 13.8 Å². The molecule has 2 aliphatic heterocycles. The van der Waals surface area contributed by atoms with Gasteiger partial charge in [-0.2, -0.15) is 0 Å². The Hall–Kier alpha value is -2.41. The van der Waals surface area contributed by atoms with Crippen molar-refractivity contribution in [2.75, 3.05) is 22.9 Å². The van der Waals surface area contributed by atoms with E-state index in [1.807, 2.05) is 60.0 Å². The van der Waals surface area contributed by atoms with Crippen LogP contribution in [0.1, 0.15) is 65.5 Å². The second kappa shape index (κ2) is 13.4. The van der Waals surface area contributed by atoms with Gasteiger partial charge in [0, 0.05) is 24.5 Å². The van der Waals surface area contributed by atoms with E-state index in [1.54, 1.807) is 0 Å². The third kappa shape index (κ3) is 6.19. The van der Waals surface area contributed by atoms with Gasteiger partial charge in [-0.05, 0) is 77.6 Å². The maximum absolute atomic E-state index is 12.4. The van der Waals surface area contributed by atoms with Crippen molar-refractivity contribution in [2.24, 2.45) is 0 Å². The number of rotatable bonds is 6. The highest BCUT2D eigenvalue weighted by Crippen LogP contribution is 2.31. The molecule has 0 aliphatic carbocycles. The summed E-state index contributed by atoms with van der Waals surface area (Å²) in [6.45, 7) is 18.6. The van der Waals surface area contributed by atoms with Gasteiger partial charge in [-0.25, -0.2) is 0 Å². The monoisotopic (exact) mass is 528 g/mol. The Labute approximate surface area is 230 Å². The Bertz CT molecular complexity index is 978. The molecular formula is C30H45ClN4O2. The van der Waals surface area contributed by atoms with Crippen molar-refractivity contribution >= 4 is 35.6 Å². The molecule has 204 valence electrons. The Morgan fingerprint density at radius 1 is 0.622 bits per heavy atom. The highest BCUT2D eigenvalue weighted by atomic mass is 35.5. The molecule has 0 spiro atoms. The minimum Gasteiger partial charge on any atom is -0.295 e. The minimum absolute atomic E-state index is 0. The summed E-state index contributed by atoms with van der Waals surface area (Å²) >= 11 is 0. The largest absolute Gasteiger partial charge is 0.295 e. The van der Waals surface area contributed by atoms with Gasteiger partial charge in [-0.3, -0.25) is 29.2 Å². The van der Waals surface area contributed by atoms with Crippen LogP contribution < -0.4 is 9.80 Å². The standard InChI is InChI=1S/2C15H22N2O.ClH/c2*1-5-10-16-12(3)15(18)17(13(16)4)14-9-7-6-8-11(14)2;/h2*6-9,12-13H,5,10H2,1-4H3;1H/t2*12-,13+;/m10./s1. The molecule has 2 aliphatic rings. The van der Waals surface area contributed by atoms with Crippen molar-refractivity contribution in [1.82, 2.24) is 9.80 Å². The summed E-state index contributed by atoms with van der Waals surface area (Å²) in [4.78, 5) is 33.3. The Balaban J connectivity index is 0.000000253. The number of carbonyl (C=O) groups is 2. The SMILES string of the molecule is CCCN1[C@@H](C)C(=O)N(c2ccccc2C)[C@@H]1C.CCCN1[C@H](C)C(=O)N(c2ccccc2C)[C@H]1C.Cl. The first-order chi connectivity index (χ1) is 17.1. The lowest BCUT2D eigenvalue weighted by molar-refractivity contribution is -0.120. The predicted octanol–water partition coefficient (Wildman–Crippen LogP) is 6.00. The summed E-state index contributed by atoms with van der Waals surface area (Å²) in [6.07, 6.45) is 2.44. The van der Waals surface area contributed by atoms with Crippen molar-refractivity contribution in [3.8, 4) is 0 Å². The molecule has 37 heavy (non-hydrogen) atoms. The molecule has 2 fully saturated rings. The van der Waals surface area contributed by atoms with Crippen LogP contribution in [0.2, 0.25) is 0 Å². The molecule has 0 saturated carbocycles. The molecule has 0 aromatic heterocycles. The van der Waals surface area contributed by atoms with Gasteiger partial charge in [0.25, 0.3) is 0 Å². The molecule has 6 nitrogen and oxygen atoms in total. The molecule has 2 aromatic carbocycles. The normalized spacial score (nSPS) is 24.2. The summed E-state index contributed by atoms with van der Waals surface area (Å²) in [5, 5.41) is 0. The van der Waals surface area contributed by atoms with E-state index in [1.165, 1.54) is 0 Å². The van der Waals surface area contributed by atoms with Crippen molar-refractivity contribution < 1.29 is 9.59 Å². The predicted molar refractivity (Wildman–Crippen MR) is 156 cm³/mol. The van der Waals surface area contributed by atoms with Crippen LogP contribution in [0.15, 0.2) is 48.5 Å². The van der Waals surface area contributed by atoms with Crippen molar-refractivity contribution in [3.05, 3.63) is 59.7 Å². The number of para-hydroxylation sites is 2. The van der Waals surface area contributed by atoms with E-state index in [4.69, 9.17) is 0 Å². The molecule has 0 unspecified atom stereocenters. The lowest BCUT2D eigenvalue weighted by Crippen LogP contribution is -2.38. The average molecular weight is 529 g/mol. The van der Waals surface area contributed by atoms with E-state index in [9.17, 15) is 9.59 Å². The van der Waals surface area contributed by atoms with Gasteiger partial charge >= 0.3 is 0 Å². The molecule has 0 radical (unpaired) electrons. The number of halogens is 1. The topological polar surface area (TPSA) is 47.1 Å². The number of nitrogens with zero attached hydrogens (tertiary/aromatic N) is 4. The summed E-state index contributed by atoms with van der Waals surface area (Å²) in [6, 6.07) is 16.2. The van der Waals surface area contributed by atoms with Gasteiger partial charge < -0.3 is 0 Å². The van der Waals surface area contributed by atoms with Crippen LogP contribution in [0.4, 0.5) is 11.4 Å². The van der Waals surface area contributed by atoms with Crippen LogP contribution in [0.3, 0.4) is 0 Å². The maximum atomic E-state index is 12.4. The molecule has 2 aromatic rings. The number of amides is 2. The quantitative estimate of drug-likeness (QED) is 0.461. The van der Waals surface area contributed by atoms with E-state index in [0.717, 1.165) is 48.4 Å². The summed E-state index contributed by atoms with van der Waals surface area (Å²) in [5.41, 5.74) is 4.40. The van der Waals surface area contributed by atoms with E-state index in [0.29, 0.717) is 0 Å². The van der Waals surface area contributed by atoms with Crippen LogP contribution >= 0.6 is 12.4 Å². The van der Waals surface area contributed by atoms with Gasteiger partial charge in [-0.1, -0.05) is 50.2 Å². The lowest BCUT2D eigenvalue weighted by atomic mass is 10.1. The third-order valence-electron chi connectivity index (χ3n) is 7.61. The third-order valence-corrected chi connectivity index (χ3v) is 7.61. The van der Waals surface area contributed by atoms with E-state index >= 15 is 0 Å². The fourth-order valence-corrected chi connectivity index (χ4v) is 5.58. The smallest absolute Gasteiger partial charge is 0.245 e. The fraction of sp³-hybridized carbons (Fsp3) is 0.533. The van der Waals surface area contributed by atoms with Crippen molar-refractivity contribution in [2.45, 2.75) is 92.6 Å². The molecule has 2 saturated heterocycles. The number of benzene rings is 2. The minimum atomic E-state index is -0.0143. The van der Waals surface area contributed by atoms with Crippen LogP contribution in [-0.4, -0.2) is 59.1 Å². The number of hydrogen-bond acceptors (Lipinski definition) is 4. The van der Waals surface area contributed by atoms with Crippen LogP contribution in [0.25, 0.3) is 0 Å². The molecule has 2 heterocycles. The first-order valence-corrected chi connectivity index (χ1v) is 13.4. The zero-order valence-corrected chi connectivity index (χ0v) is 24.6. The molecule has 7 heteroatoms. The van der Waals surface area contributed by atoms with Gasteiger partial charge in [0.05, 0.1) is 24.4 Å². The first kappa shape index (κ1) is 30.8. The second-order valence-electron chi connectivity index (χ2n) is 10.1. The van der Waals surface area contributed by atoms with Crippen LogP contribution in [-0.2, 0) is 9.59 Å². The van der Waals surface area contributed by atoms with Gasteiger partial charge in [0.15, 0.2) is 0 Å². The molecule has 0 N–H and O–H groups in total. The zero-order chi connectivity index (χ0) is 26.6. The number of anilines is 2. The maximum Gasteiger partial charge on any atom is 0.245 e. The molecule has 4 rings (SSSR count). The Morgan fingerprint density at radius 3 is 1.24 bits per heavy atom. The first-order valence-electron chi connectivity index (χ1n) is 13.4. The highest BCUT2D eigenvalue weighted by molar-refractivity contribution is 6.00. The fourth-order valence-electron chi connectivity index (χ4n) is 5.58. The Kier molecular flexibility index (Phi) is 11.2. The van der Waals surface area contributed by atoms with E-state index in [2.05, 4.69) is 63.5 Å². The highest BCUT2D eigenvalue weighted by Gasteiger charge is 2.42. The average Bonchev–Trinajstić information content (AvgIpc) is 3.19. The van der Waals surface area contributed by atoms with Crippen molar-refractivity contribution in [1.29, 1.82) is 0 Å². The van der Waals surface area contributed by atoms with Crippen LogP contribution in [0.5, 0.6) is 0 Å². The van der Waals surface area contributed by atoms with Crippen molar-refractivity contribution in [3.63, 3.8) is 0 Å². The number of hydrogen-bond donors (Lipinski definition) is 0. The molecule has 0 bridgehead atoms. The van der Waals surface area contributed by atoms with Gasteiger partial charge in [0.2, 0.25) is 11.8 Å². The summed E-state index contributed by atoms with van der Waals surface area (Å²) in [5.74, 6) is 0.426. The number of aryl methyl sites for hydroxylation is 2. The zero-order valence-electron chi connectivity index (χ0n) is 23.8. The second-order valence-corrected chi connectivity index (χ2v) is 10.1.